The molecule has 0 heterocycles. The maximum Gasteiger partial charge on any atom is 0.414 e. The zero-order chi connectivity index (χ0) is 11.1. The molecule has 0 atom stereocenters. The van der Waals surface area contributed by atoms with Gasteiger partial charge in [-0.25, -0.2) is 4.79 Å². The minimum Gasteiger partial charge on any atom is -0.452 e. The molecule has 0 N–H and O–H groups in total. The van der Waals surface area contributed by atoms with E-state index in [4.69, 9.17) is 0 Å². The van der Waals surface area contributed by atoms with E-state index in [0.717, 1.165) is 12.0 Å². The molecule has 0 aliphatic heterocycles. The summed E-state index contributed by atoms with van der Waals surface area (Å²) in [7, 11) is 1.32. The van der Waals surface area contributed by atoms with E-state index in [1.807, 2.05) is 18.2 Å². The minimum atomic E-state index is -0.456. The summed E-state index contributed by atoms with van der Waals surface area (Å²) in [6.45, 7) is 0.334. The number of benzene rings is 1. The predicted molar refractivity (Wildman–Crippen MR) is 56.9 cm³/mol. The number of anilines is 1. The van der Waals surface area contributed by atoms with Gasteiger partial charge in [-0.3, -0.25) is 4.90 Å². The predicted octanol–water partition coefficient (Wildman–Crippen LogP) is 1.85. The maximum atomic E-state index is 11.4. The highest BCUT2D eigenvalue weighted by Gasteiger charge is 2.14. The molecule has 1 aromatic carbocycles. The van der Waals surface area contributed by atoms with E-state index >= 15 is 0 Å². The highest BCUT2D eigenvalue weighted by atomic mass is 16.5. The number of aldehydes is 1. The van der Waals surface area contributed by atoms with Crippen molar-refractivity contribution in [3.05, 3.63) is 30.3 Å². The number of carbonyl (C=O) groups excluding carboxylic acids is 2. The maximum absolute atomic E-state index is 11.4. The summed E-state index contributed by atoms with van der Waals surface area (Å²) < 4.78 is 4.63. The Bertz CT molecular complexity index is 324. The summed E-state index contributed by atoms with van der Waals surface area (Å²) >= 11 is 0. The molecule has 0 aromatic heterocycles. The molecule has 0 aliphatic rings. The van der Waals surface area contributed by atoms with Gasteiger partial charge < -0.3 is 9.53 Å². The number of rotatable bonds is 4. The first kappa shape index (κ1) is 11.2. The first-order chi connectivity index (χ1) is 7.29. The van der Waals surface area contributed by atoms with Gasteiger partial charge in [0, 0.05) is 18.7 Å². The lowest BCUT2D eigenvalue weighted by atomic mass is 10.3. The molecule has 0 saturated carbocycles. The molecule has 0 unspecified atom stereocenters. The Kier molecular flexibility index (Phi) is 4.34. The van der Waals surface area contributed by atoms with Gasteiger partial charge in [0.25, 0.3) is 0 Å². The second kappa shape index (κ2) is 5.80. The highest BCUT2D eigenvalue weighted by molar-refractivity contribution is 5.87. The minimum absolute atomic E-state index is 0.296. The van der Waals surface area contributed by atoms with E-state index in [-0.39, 0.29) is 0 Å². The fourth-order valence-corrected chi connectivity index (χ4v) is 1.23. The molecule has 0 spiro atoms. The van der Waals surface area contributed by atoms with Crippen LogP contribution in [0.4, 0.5) is 10.5 Å². The summed E-state index contributed by atoms with van der Waals surface area (Å²) in [6, 6.07) is 9.10. The normalized spacial score (nSPS) is 9.40. The second-order valence-electron chi connectivity index (χ2n) is 2.91. The van der Waals surface area contributed by atoms with Crippen LogP contribution in [0.15, 0.2) is 30.3 Å². The van der Waals surface area contributed by atoms with Gasteiger partial charge in [0.05, 0.1) is 7.11 Å². The van der Waals surface area contributed by atoms with Crippen LogP contribution in [0.25, 0.3) is 0 Å². The van der Waals surface area contributed by atoms with Gasteiger partial charge in [-0.1, -0.05) is 18.2 Å². The standard InChI is InChI=1S/C11H13NO3/c1-15-11(14)12(8-5-9-13)10-6-3-2-4-7-10/h2-4,6-7,9H,5,8H2,1H3. The molecule has 0 radical (unpaired) electrons. The summed E-state index contributed by atoms with van der Waals surface area (Å²) in [5.41, 5.74) is 0.728. The molecule has 0 bridgehead atoms. The Hall–Kier alpha value is -1.84. The van der Waals surface area contributed by atoms with Crippen molar-refractivity contribution < 1.29 is 14.3 Å². The van der Waals surface area contributed by atoms with Gasteiger partial charge in [-0.15, -0.1) is 0 Å². The number of para-hydroxylation sites is 1. The van der Waals surface area contributed by atoms with Crippen LogP contribution >= 0.6 is 0 Å². The molecule has 1 aromatic rings. The van der Waals surface area contributed by atoms with E-state index in [1.165, 1.54) is 12.0 Å². The Labute approximate surface area is 88.5 Å². The van der Waals surface area contributed by atoms with Crippen LogP contribution in [0.1, 0.15) is 6.42 Å². The van der Waals surface area contributed by atoms with Crippen LogP contribution in [0.3, 0.4) is 0 Å². The van der Waals surface area contributed by atoms with E-state index < -0.39 is 6.09 Å². The quantitative estimate of drug-likeness (QED) is 0.708. The zero-order valence-electron chi connectivity index (χ0n) is 8.55. The number of carbonyl (C=O) groups is 2. The van der Waals surface area contributed by atoms with Crippen molar-refractivity contribution in [1.82, 2.24) is 0 Å². The molecule has 0 fully saturated rings. The number of methoxy groups -OCH3 is 1. The van der Waals surface area contributed by atoms with Crippen molar-refractivity contribution in [1.29, 1.82) is 0 Å². The summed E-state index contributed by atoms with van der Waals surface area (Å²) in [5.74, 6) is 0. The monoisotopic (exact) mass is 207 g/mol. The lowest BCUT2D eigenvalue weighted by Crippen LogP contribution is -2.31. The molecule has 4 nitrogen and oxygen atoms in total. The van der Waals surface area contributed by atoms with E-state index in [1.54, 1.807) is 12.1 Å². The lowest BCUT2D eigenvalue weighted by Gasteiger charge is -2.19. The molecule has 0 saturated heterocycles. The van der Waals surface area contributed by atoms with Gasteiger partial charge in [0.1, 0.15) is 6.29 Å². The van der Waals surface area contributed by atoms with Gasteiger partial charge >= 0.3 is 6.09 Å². The molecular weight excluding hydrogens is 194 g/mol. The van der Waals surface area contributed by atoms with Crippen molar-refractivity contribution in [2.45, 2.75) is 6.42 Å². The smallest absolute Gasteiger partial charge is 0.414 e. The molecular formula is C11H13NO3. The SMILES string of the molecule is COC(=O)N(CCC=O)c1ccccc1. The van der Waals surface area contributed by atoms with E-state index in [0.29, 0.717) is 13.0 Å². The zero-order valence-corrected chi connectivity index (χ0v) is 8.55. The average Bonchev–Trinajstić information content (AvgIpc) is 2.30. The Morgan fingerprint density at radius 1 is 1.40 bits per heavy atom. The molecule has 15 heavy (non-hydrogen) atoms. The van der Waals surface area contributed by atoms with Gasteiger partial charge in [-0.2, -0.15) is 0 Å². The van der Waals surface area contributed by atoms with Gasteiger partial charge in [0.2, 0.25) is 0 Å². The van der Waals surface area contributed by atoms with Crippen LogP contribution in [0, 0.1) is 0 Å². The lowest BCUT2D eigenvalue weighted by molar-refractivity contribution is -0.107. The first-order valence-corrected chi connectivity index (χ1v) is 4.63. The van der Waals surface area contributed by atoms with E-state index in [9.17, 15) is 9.59 Å². The third-order valence-corrected chi connectivity index (χ3v) is 1.93. The molecule has 1 rings (SSSR count). The van der Waals surface area contributed by atoms with Gasteiger partial charge in [0.15, 0.2) is 0 Å². The van der Waals surface area contributed by atoms with Crippen molar-refractivity contribution in [2.24, 2.45) is 0 Å². The largest absolute Gasteiger partial charge is 0.452 e. The van der Waals surface area contributed by atoms with Gasteiger partial charge in [-0.05, 0) is 12.1 Å². The van der Waals surface area contributed by atoms with Crippen LogP contribution in [-0.4, -0.2) is 26.0 Å². The number of hydrogen-bond acceptors (Lipinski definition) is 3. The number of hydrogen-bond donors (Lipinski definition) is 0. The molecule has 1 amide bonds. The van der Waals surface area contributed by atoms with Crippen LogP contribution in [0.2, 0.25) is 0 Å². The Morgan fingerprint density at radius 2 is 2.07 bits per heavy atom. The summed E-state index contributed by atoms with van der Waals surface area (Å²) in [6.07, 6.45) is 0.617. The molecule has 80 valence electrons. The van der Waals surface area contributed by atoms with Crippen LogP contribution < -0.4 is 4.90 Å². The fourth-order valence-electron chi connectivity index (χ4n) is 1.23. The number of nitrogens with zero attached hydrogens (tertiary/aromatic N) is 1. The summed E-state index contributed by atoms with van der Waals surface area (Å²) in [5, 5.41) is 0. The van der Waals surface area contributed by atoms with Crippen LogP contribution in [0.5, 0.6) is 0 Å². The Balaban J connectivity index is 2.81. The highest BCUT2D eigenvalue weighted by Crippen LogP contribution is 2.14. The van der Waals surface area contributed by atoms with Crippen molar-refractivity contribution in [3.63, 3.8) is 0 Å². The molecule has 4 heteroatoms. The van der Waals surface area contributed by atoms with Crippen molar-refractivity contribution >= 4 is 18.1 Å². The van der Waals surface area contributed by atoms with Crippen molar-refractivity contribution in [2.75, 3.05) is 18.6 Å². The fraction of sp³-hybridized carbons (Fsp3) is 0.273. The third kappa shape index (κ3) is 3.09. The number of amides is 1. The number of ether oxygens (including phenoxy) is 1. The molecule has 0 aliphatic carbocycles. The third-order valence-electron chi connectivity index (χ3n) is 1.93. The topological polar surface area (TPSA) is 46.6 Å². The van der Waals surface area contributed by atoms with E-state index in [2.05, 4.69) is 4.74 Å². The second-order valence-corrected chi connectivity index (χ2v) is 2.91. The van der Waals surface area contributed by atoms with Crippen LogP contribution in [-0.2, 0) is 9.53 Å². The summed E-state index contributed by atoms with van der Waals surface area (Å²) in [4.78, 5) is 23.1. The first-order valence-electron chi connectivity index (χ1n) is 4.63. The Morgan fingerprint density at radius 3 is 2.60 bits per heavy atom. The van der Waals surface area contributed by atoms with Crippen molar-refractivity contribution in [3.8, 4) is 0 Å². The average molecular weight is 207 g/mol.